The normalized spacial score (nSPS) is 14.6. The van der Waals surface area contributed by atoms with E-state index in [1.807, 2.05) is 58.0 Å². The number of fused-ring (bicyclic) bond motifs is 1. The molecule has 6 heteroatoms. The fourth-order valence-corrected chi connectivity index (χ4v) is 4.66. The van der Waals surface area contributed by atoms with Crippen molar-refractivity contribution in [3.8, 4) is 23.0 Å². The highest BCUT2D eigenvalue weighted by Gasteiger charge is 2.40. The molecule has 6 nitrogen and oxygen atoms in total. The molecule has 1 aliphatic heterocycles. The molecule has 1 amide bonds. The van der Waals surface area contributed by atoms with Crippen LogP contribution in [0.1, 0.15) is 81.9 Å². The smallest absolute Gasteiger partial charge is 0.263 e. The third kappa shape index (κ3) is 7.05. The molecule has 0 saturated heterocycles. The van der Waals surface area contributed by atoms with Gasteiger partial charge in [-0.1, -0.05) is 22.8 Å². The van der Waals surface area contributed by atoms with E-state index in [4.69, 9.17) is 18.9 Å². The second kappa shape index (κ2) is 13.4. The topological polar surface area (TPSA) is 57.2 Å². The molecule has 0 radical (unpaired) electrons. The summed E-state index contributed by atoms with van der Waals surface area (Å²) < 4.78 is 23.5. The van der Waals surface area contributed by atoms with Gasteiger partial charge in [-0.2, -0.15) is 0 Å². The van der Waals surface area contributed by atoms with Crippen molar-refractivity contribution in [2.24, 2.45) is 0 Å². The molecule has 0 aromatic heterocycles. The first-order chi connectivity index (χ1) is 18.6. The minimum atomic E-state index is -0.245. The van der Waals surface area contributed by atoms with E-state index >= 15 is 0 Å². The van der Waals surface area contributed by atoms with Crippen molar-refractivity contribution in [2.75, 3.05) is 32.3 Å². The number of hydrogen-bond donors (Lipinski definition) is 0. The molecular weight excluding hydrogens is 490 g/mol. The molecule has 3 rings (SSSR count). The van der Waals surface area contributed by atoms with Crippen molar-refractivity contribution >= 4 is 11.6 Å². The van der Waals surface area contributed by atoms with Crippen LogP contribution in [-0.2, 0) is 0 Å². The quantitative estimate of drug-likeness (QED) is 0.258. The summed E-state index contributed by atoms with van der Waals surface area (Å²) in [5.41, 5.74) is 6.70. The fourth-order valence-electron chi connectivity index (χ4n) is 4.66. The summed E-state index contributed by atoms with van der Waals surface area (Å²) in [6, 6.07) is 7.27. The van der Waals surface area contributed by atoms with E-state index in [0.717, 1.165) is 35.3 Å². The fraction of sp³-hybridized carbons (Fsp3) is 0.424. The molecule has 1 atom stereocenters. The van der Waals surface area contributed by atoms with E-state index < -0.39 is 0 Å². The van der Waals surface area contributed by atoms with Crippen molar-refractivity contribution in [3.05, 3.63) is 75.9 Å². The molecule has 0 saturated carbocycles. The van der Waals surface area contributed by atoms with Crippen LogP contribution in [-0.4, -0.2) is 33.3 Å². The Balaban J connectivity index is 1.92. The number of benzene rings is 2. The largest absolute Gasteiger partial charge is 0.497 e. The van der Waals surface area contributed by atoms with Crippen LogP contribution in [0.25, 0.3) is 0 Å². The van der Waals surface area contributed by atoms with Gasteiger partial charge in [0, 0.05) is 11.6 Å². The van der Waals surface area contributed by atoms with Crippen LogP contribution >= 0.6 is 0 Å². The van der Waals surface area contributed by atoms with Crippen molar-refractivity contribution in [2.45, 2.75) is 67.3 Å². The lowest BCUT2D eigenvalue weighted by atomic mass is 10.0. The highest BCUT2D eigenvalue weighted by Crippen LogP contribution is 2.48. The van der Waals surface area contributed by atoms with E-state index in [-0.39, 0.29) is 11.9 Å². The maximum absolute atomic E-state index is 13.9. The summed E-state index contributed by atoms with van der Waals surface area (Å²) >= 11 is 0. The van der Waals surface area contributed by atoms with Gasteiger partial charge >= 0.3 is 0 Å². The van der Waals surface area contributed by atoms with E-state index in [0.29, 0.717) is 41.7 Å². The number of nitrogens with zero attached hydrogens (tertiary/aromatic N) is 1. The predicted octanol–water partition coefficient (Wildman–Crippen LogP) is 8.15. The predicted molar refractivity (Wildman–Crippen MR) is 159 cm³/mol. The first kappa shape index (κ1) is 29.9. The Hall–Kier alpha value is -3.67. The van der Waals surface area contributed by atoms with Crippen LogP contribution in [0.5, 0.6) is 23.0 Å². The minimum Gasteiger partial charge on any atom is -0.497 e. The van der Waals surface area contributed by atoms with Gasteiger partial charge in [-0.25, -0.2) is 0 Å². The summed E-state index contributed by atoms with van der Waals surface area (Å²) in [5.74, 6) is 2.38. The number of carbonyl (C=O) groups excluding carboxylic acids is 1. The maximum atomic E-state index is 13.9. The first-order valence-corrected chi connectivity index (χ1v) is 13.5. The average molecular weight is 534 g/mol. The molecule has 2 aromatic rings. The van der Waals surface area contributed by atoms with Gasteiger partial charge in [-0.3, -0.25) is 9.69 Å². The number of methoxy groups -OCH3 is 2. The molecular formula is C33H43NO5. The number of allylic oxidation sites excluding steroid dienone is 4. The summed E-state index contributed by atoms with van der Waals surface area (Å²) in [4.78, 5) is 15.6. The molecule has 2 aromatic carbocycles. The van der Waals surface area contributed by atoms with E-state index in [1.54, 1.807) is 19.1 Å². The second-order valence-corrected chi connectivity index (χ2v) is 10.5. The molecule has 0 bridgehead atoms. The Kier molecular flexibility index (Phi) is 10.3. The lowest BCUT2D eigenvalue weighted by molar-refractivity contribution is 0.0989. The summed E-state index contributed by atoms with van der Waals surface area (Å²) in [6.07, 6.45) is 8.39. The zero-order valence-corrected chi connectivity index (χ0v) is 24.9. The molecule has 210 valence electrons. The zero-order chi connectivity index (χ0) is 28.7. The molecule has 39 heavy (non-hydrogen) atoms. The molecule has 0 N–H and O–H groups in total. The van der Waals surface area contributed by atoms with Gasteiger partial charge in [0.25, 0.3) is 5.91 Å². The van der Waals surface area contributed by atoms with E-state index in [1.165, 1.54) is 11.1 Å². The van der Waals surface area contributed by atoms with Gasteiger partial charge in [0.2, 0.25) is 0 Å². The van der Waals surface area contributed by atoms with Crippen LogP contribution in [0.4, 0.5) is 5.69 Å². The second-order valence-electron chi connectivity index (χ2n) is 10.5. The number of amides is 1. The number of ether oxygens (including phenoxy) is 4. The Morgan fingerprint density at radius 3 is 2.21 bits per heavy atom. The zero-order valence-electron chi connectivity index (χ0n) is 24.9. The summed E-state index contributed by atoms with van der Waals surface area (Å²) in [5, 5.41) is 0. The van der Waals surface area contributed by atoms with Crippen molar-refractivity contribution in [1.29, 1.82) is 0 Å². The van der Waals surface area contributed by atoms with Crippen LogP contribution in [0.15, 0.2) is 59.2 Å². The molecule has 1 heterocycles. The number of hydrogen-bond acceptors (Lipinski definition) is 5. The summed E-state index contributed by atoms with van der Waals surface area (Å²) in [7, 11) is 3.21. The minimum absolute atomic E-state index is 0.128. The molecule has 0 fully saturated rings. The Bertz CT molecular complexity index is 1280. The number of anilines is 1. The standard InChI is InChI=1S/C33H43NO5/c1-21(2)11-10-12-23(5)16-18-38-29-20-27-25(7)34(33(35)31(27)32(37-9)24(29)6)28-14-13-26(36-8)19-30(28)39-17-15-22(3)4/h11,13-16,19-20,25H,10,12,17-18H2,1-9H3/b23-16-. The van der Waals surface area contributed by atoms with Crippen LogP contribution in [0.3, 0.4) is 0 Å². The third-order valence-corrected chi connectivity index (χ3v) is 6.91. The maximum Gasteiger partial charge on any atom is 0.263 e. The Labute approximate surface area is 233 Å². The van der Waals surface area contributed by atoms with E-state index in [2.05, 4.69) is 32.9 Å². The van der Waals surface area contributed by atoms with Gasteiger partial charge < -0.3 is 18.9 Å². The average Bonchev–Trinajstić information content (AvgIpc) is 3.13. The molecule has 0 aliphatic carbocycles. The Morgan fingerprint density at radius 1 is 0.897 bits per heavy atom. The van der Waals surface area contributed by atoms with Gasteiger partial charge in [0.15, 0.2) is 0 Å². The lowest BCUT2D eigenvalue weighted by Crippen LogP contribution is -2.27. The lowest BCUT2D eigenvalue weighted by Gasteiger charge is -2.25. The van der Waals surface area contributed by atoms with Gasteiger partial charge in [0.05, 0.1) is 31.5 Å². The summed E-state index contributed by atoms with van der Waals surface area (Å²) in [6.45, 7) is 15.2. The molecule has 1 unspecified atom stereocenters. The van der Waals surface area contributed by atoms with Crippen molar-refractivity contribution < 1.29 is 23.7 Å². The third-order valence-electron chi connectivity index (χ3n) is 6.91. The highest BCUT2D eigenvalue weighted by molar-refractivity contribution is 6.14. The number of carbonyl (C=O) groups is 1. The van der Waals surface area contributed by atoms with Crippen LogP contribution in [0, 0.1) is 6.92 Å². The molecule has 1 aliphatic rings. The highest BCUT2D eigenvalue weighted by atomic mass is 16.5. The number of rotatable bonds is 12. The van der Waals surface area contributed by atoms with Gasteiger partial charge in [-0.15, -0.1) is 0 Å². The van der Waals surface area contributed by atoms with Crippen molar-refractivity contribution in [3.63, 3.8) is 0 Å². The Morgan fingerprint density at radius 2 is 1.56 bits per heavy atom. The van der Waals surface area contributed by atoms with Crippen LogP contribution in [0.2, 0.25) is 0 Å². The van der Waals surface area contributed by atoms with Crippen LogP contribution < -0.4 is 23.8 Å². The van der Waals surface area contributed by atoms with Gasteiger partial charge in [0.1, 0.15) is 36.2 Å². The molecule has 0 spiro atoms. The van der Waals surface area contributed by atoms with Gasteiger partial charge in [-0.05, 0) is 97.2 Å². The monoisotopic (exact) mass is 533 g/mol. The first-order valence-electron chi connectivity index (χ1n) is 13.5. The van der Waals surface area contributed by atoms with Crippen molar-refractivity contribution in [1.82, 2.24) is 0 Å². The SMILES string of the molecule is COc1ccc(N2C(=O)c3c(cc(OC/C=C(/C)CCC=C(C)C)c(C)c3OC)C2C)c(OCC=C(C)C)c1. The van der Waals surface area contributed by atoms with E-state index in [9.17, 15) is 4.79 Å².